The molecule has 1 heterocycles. The third kappa shape index (κ3) is 5.08. The van der Waals surface area contributed by atoms with Crippen molar-refractivity contribution in [3.05, 3.63) is 78.1 Å². The minimum atomic E-state index is -0.248. The zero-order valence-electron chi connectivity index (χ0n) is 21.3. The Bertz CT molecular complexity index is 1400. The topological polar surface area (TPSA) is 69.9 Å². The lowest BCUT2D eigenvalue weighted by molar-refractivity contribution is -0.111. The Morgan fingerprint density at radius 1 is 1.03 bits per heavy atom. The van der Waals surface area contributed by atoms with Crippen molar-refractivity contribution in [2.24, 2.45) is 0 Å². The van der Waals surface area contributed by atoms with Gasteiger partial charge in [-0.1, -0.05) is 24.3 Å². The summed E-state index contributed by atoms with van der Waals surface area (Å²) in [6, 6.07) is 17.3. The molecule has 0 spiro atoms. The largest absolute Gasteiger partial charge is 0.497 e. The first-order valence-electron chi connectivity index (χ1n) is 12.0. The average molecular weight is 486 g/mol. The van der Waals surface area contributed by atoms with E-state index in [1.807, 2.05) is 82.3 Å². The fourth-order valence-corrected chi connectivity index (χ4v) is 4.23. The molecule has 0 bridgehead atoms. The van der Waals surface area contributed by atoms with Crippen LogP contribution < -0.4 is 19.5 Å². The fraction of sp³-hybridized carbons (Fsp3) is 0.233. The molecule has 0 radical (unpaired) electrons. The van der Waals surface area contributed by atoms with E-state index < -0.39 is 0 Å². The molecule has 3 aromatic carbocycles. The summed E-state index contributed by atoms with van der Waals surface area (Å²) in [5.74, 6) is 1.88. The van der Waals surface area contributed by atoms with Crippen molar-refractivity contribution in [3.8, 4) is 28.4 Å². The van der Waals surface area contributed by atoms with Crippen molar-refractivity contribution in [1.82, 2.24) is 0 Å². The Kier molecular flexibility index (Phi) is 7.64. The number of para-hydroxylation sites is 2. The molecule has 4 aromatic rings. The van der Waals surface area contributed by atoms with Crippen molar-refractivity contribution in [1.29, 1.82) is 0 Å². The number of amides is 1. The number of methoxy groups -OCH3 is 1. The van der Waals surface area contributed by atoms with Crippen LogP contribution in [0, 0.1) is 6.92 Å². The van der Waals surface area contributed by atoms with Crippen molar-refractivity contribution < 1.29 is 23.4 Å². The highest BCUT2D eigenvalue weighted by molar-refractivity contribution is 6.06. The number of furan rings is 1. The highest BCUT2D eigenvalue weighted by Gasteiger charge is 2.19. The summed E-state index contributed by atoms with van der Waals surface area (Å²) in [4.78, 5) is 13.0. The predicted octanol–water partition coefficient (Wildman–Crippen LogP) is 7.26. The second-order valence-electron chi connectivity index (χ2n) is 8.31. The molecule has 0 saturated carbocycles. The number of anilines is 1. The first-order valence-corrected chi connectivity index (χ1v) is 12.0. The van der Waals surface area contributed by atoms with E-state index in [1.165, 1.54) is 0 Å². The molecule has 1 N–H and O–H groups in total. The number of benzene rings is 3. The lowest BCUT2D eigenvalue weighted by Gasteiger charge is -2.15. The lowest BCUT2D eigenvalue weighted by Crippen LogP contribution is -2.10. The average Bonchev–Trinajstić information content (AvgIpc) is 3.31. The Morgan fingerprint density at radius 2 is 1.75 bits per heavy atom. The molecule has 36 heavy (non-hydrogen) atoms. The van der Waals surface area contributed by atoms with Gasteiger partial charge in [0.05, 0.1) is 32.3 Å². The number of rotatable bonds is 9. The first kappa shape index (κ1) is 24.9. The van der Waals surface area contributed by atoms with E-state index in [9.17, 15) is 4.79 Å². The van der Waals surface area contributed by atoms with Crippen molar-refractivity contribution in [3.63, 3.8) is 0 Å². The van der Waals surface area contributed by atoms with E-state index in [4.69, 9.17) is 18.6 Å². The van der Waals surface area contributed by atoms with Crippen LogP contribution in [0.2, 0.25) is 0 Å². The quantitative estimate of drug-likeness (QED) is 0.253. The molecule has 186 valence electrons. The Hall–Kier alpha value is -4.19. The maximum absolute atomic E-state index is 13.0. The molecule has 1 aromatic heterocycles. The van der Waals surface area contributed by atoms with Crippen LogP contribution in [0.4, 0.5) is 5.69 Å². The van der Waals surface area contributed by atoms with Gasteiger partial charge >= 0.3 is 0 Å². The number of hydrogen-bond acceptors (Lipinski definition) is 5. The summed E-state index contributed by atoms with van der Waals surface area (Å²) in [7, 11) is 1.65. The van der Waals surface area contributed by atoms with Crippen molar-refractivity contribution >= 4 is 28.1 Å². The third-order valence-electron chi connectivity index (χ3n) is 5.95. The van der Waals surface area contributed by atoms with Gasteiger partial charge < -0.3 is 23.9 Å². The molecular formula is C30H31NO5. The summed E-state index contributed by atoms with van der Waals surface area (Å²) in [5.41, 5.74) is 5.86. The monoisotopic (exact) mass is 485 g/mol. The normalized spacial score (nSPS) is 11.4. The minimum Gasteiger partial charge on any atom is -0.497 e. The van der Waals surface area contributed by atoms with Crippen LogP contribution in [0.25, 0.3) is 27.7 Å². The highest BCUT2D eigenvalue weighted by atomic mass is 16.5. The van der Waals surface area contributed by atoms with E-state index in [2.05, 4.69) is 5.32 Å². The summed E-state index contributed by atoms with van der Waals surface area (Å²) < 4.78 is 22.9. The molecule has 6 heteroatoms. The van der Waals surface area contributed by atoms with Crippen LogP contribution in [-0.2, 0) is 4.79 Å². The smallest absolute Gasteiger partial charge is 0.248 e. The van der Waals surface area contributed by atoms with Crippen molar-refractivity contribution in [2.75, 3.05) is 25.6 Å². The van der Waals surface area contributed by atoms with Gasteiger partial charge in [0.15, 0.2) is 0 Å². The van der Waals surface area contributed by atoms with Crippen LogP contribution in [0.5, 0.6) is 17.2 Å². The SMILES string of the molecule is CCOc1ccccc1NC(=O)/C=C(\C)c1cc2c(-c3ccc(OC)cc3)coc2c(C)c1OCC. The van der Waals surface area contributed by atoms with E-state index in [-0.39, 0.29) is 5.91 Å². The molecule has 0 aliphatic carbocycles. The van der Waals surface area contributed by atoms with Gasteiger partial charge in [-0.25, -0.2) is 0 Å². The van der Waals surface area contributed by atoms with Gasteiger partial charge in [0, 0.05) is 28.2 Å². The third-order valence-corrected chi connectivity index (χ3v) is 5.95. The predicted molar refractivity (Wildman–Crippen MR) is 144 cm³/mol. The Morgan fingerprint density at radius 3 is 2.44 bits per heavy atom. The molecule has 0 atom stereocenters. The standard InChI is InChI=1S/C30H31NO5/c1-6-34-27-11-9-8-10-26(27)31-28(32)16-19(3)23-17-24-25(21-12-14-22(33-5)15-13-21)18-36-30(24)20(4)29(23)35-7-2/h8-18H,6-7H2,1-5H3,(H,31,32)/b19-16+. The van der Waals surface area contributed by atoms with Crippen LogP contribution in [0.15, 0.2) is 71.4 Å². The van der Waals surface area contributed by atoms with Gasteiger partial charge in [-0.05, 0) is 69.2 Å². The second kappa shape index (κ2) is 11.0. The Labute approximate surface area is 211 Å². The van der Waals surface area contributed by atoms with E-state index in [1.54, 1.807) is 19.4 Å². The van der Waals surface area contributed by atoms with E-state index in [0.29, 0.717) is 30.4 Å². The van der Waals surface area contributed by atoms with Gasteiger partial charge in [0.2, 0.25) is 5.91 Å². The van der Waals surface area contributed by atoms with Crippen LogP contribution >= 0.6 is 0 Å². The molecule has 0 fully saturated rings. The zero-order chi connectivity index (χ0) is 25.7. The van der Waals surface area contributed by atoms with E-state index in [0.717, 1.165) is 44.5 Å². The number of allylic oxidation sites excluding steroid dienone is 1. The highest BCUT2D eigenvalue weighted by Crippen LogP contribution is 2.41. The molecule has 0 aliphatic rings. The van der Waals surface area contributed by atoms with E-state index >= 15 is 0 Å². The number of nitrogens with one attached hydrogen (secondary N) is 1. The summed E-state index contributed by atoms with van der Waals surface area (Å²) in [6.45, 7) is 8.74. The zero-order valence-corrected chi connectivity index (χ0v) is 21.3. The lowest BCUT2D eigenvalue weighted by atomic mass is 9.96. The van der Waals surface area contributed by atoms with Crippen LogP contribution in [-0.4, -0.2) is 26.2 Å². The molecule has 4 rings (SSSR count). The molecule has 0 aliphatic heterocycles. The minimum absolute atomic E-state index is 0.248. The second-order valence-corrected chi connectivity index (χ2v) is 8.31. The number of carbonyl (C=O) groups excluding carboxylic acids is 1. The molecule has 0 unspecified atom stereocenters. The first-order chi connectivity index (χ1) is 17.5. The van der Waals surface area contributed by atoms with Crippen LogP contribution in [0.3, 0.4) is 0 Å². The van der Waals surface area contributed by atoms with Crippen molar-refractivity contribution in [2.45, 2.75) is 27.7 Å². The molecule has 6 nitrogen and oxygen atoms in total. The van der Waals surface area contributed by atoms with Gasteiger partial charge in [-0.3, -0.25) is 4.79 Å². The van der Waals surface area contributed by atoms with Gasteiger partial charge in [0.1, 0.15) is 22.8 Å². The molecule has 1 amide bonds. The fourth-order valence-electron chi connectivity index (χ4n) is 4.23. The van der Waals surface area contributed by atoms with Gasteiger partial charge in [-0.15, -0.1) is 0 Å². The maximum Gasteiger partial charge on any atom is 0.248 e. The summed E-state index contributed by atoms with van der Waals surface area (Å²) in [6.07, 6.45) is 3.34. The Balaban J connectivity index is 1.75. The molecule has 0 saturated heterocycles. The summed E-state index contributed by atoms with van der Waals surface area (Å²) >= 11 is 0. The van der Waals surface area contributed by atoms with Crippen LogP contribution in [0.1, 0.15) is 31.9 Å². The van der Waals surface area contributed by atoms with Gasteiger partial charge in [0.25, 0.3) is 0 Å². The van der Waals surface area contributed by atoms with Gasteiger partial charge in [-0.2, -0.15) is 0 Å². The maximum atomic E-state index is 13.0. The number of ether oxygens (including phenoxy) is 3. The number of fused-ring (bicyclic) bond motifs is 1. The number of carbonyl (C=O) groups is 1. The number of aryl methyl sites for hydroxylation is 1. The number of hydrogen-bond donors (Lipinski definition) is 1. The summed E-state index contributed by atoms with van der Waals surface area (Å²) in [5, 5.41) is 3.88. The molecular weight excluding hydrogens is 454 g/mol.